The van der Waals surface area contributed by atoms with E-state index in [1.807, 2.05) is 31.2 Å². The van der Waals surface area contributed by atoms with Gasteiger partial charge in [-0.25, -0.2) is 0 Å². The van der Waals surface area contributed by atoms with E-state index in [0.717, 1.165) is 23.3 Å². The molecule has 0 saturated heterocycles. The van der Waals surface area contributed by atoms with E-state index in [-0.39, 0.29) is 0 Å². The van der Waals surface area contributed by atoms with Crippen molar-refractivity contribution in [3.8, 4) is 11.1 Å². The topological polar surface area (TPSA) is 0 Å². The molecular weight excluding hydrogens is 305 g/mol. The molecule has 2 aromatic carbocycles. The molecular formula is C14H10BrF3. The van der Waals surface area contributed by atoms with Crippen molar-refractivity contribution < 1.29 is 13.2 Å². The third kappa shape index (κ3) is 2.93. The molecule has 0 heterocycles. The van der Waals surface area contributed by atoms with E-state index < -0.39 is 11.7 Å². The summed E-state index contributed by atoms with van der Waals surface area (Å²) >= 11 is 3.12. The highest BCUT2D eigenvalue weighted by Gasteiger charge is 2.31. The van der Waals surface area contributed by atoms with E-state index in [4.69, 9.17) is 0 Å². The molecule has 0 spiro atoms. The van der Waals surface area contributed by atoms with Crippen molar-refractivity contribution in [1.29, 1.82) is 0 Å². The van der Waals surface area contributed by atoms with Crippen molar-refractivity contribution in [2.45, 2.75) is 13.1 Å². The summed E-state index contributed by atoms with van der Waals surface area (Å²) in [5.74, 6) is 0. The Kier molecular flexibility index (Phi) is 3.48. The van der Waals surface area contributed by atoms with Crippen LogP contribution in [-0.4, -0.2) is 0 Å². The lowest BCUT2D eigenvalue weighted by Crippen LogP contribution is -2.04. The molecule has 0 N–H and O–H groups in total. The Morgan fingerprint density at radius 2 is 1.50 bits per heavy atom. The van der Waals surface area contributed by atoms with Gasteiger partial charge in [0.1, 0.15) is 0 Å². The van der Waals surface area contributed by atoms with E-state index in [0.29, 0.717) is 10.0 Å². The van der Waals surface area contributed by atoms with Gasteiger partial charge in [-0.1, -0.05) is 45.8 Å². The minimum Gasteiger partial charge on any atom is -0.166 e. The standard InChI is InChI=1S/C14H10BrF3/c1-9-2-4-10(5-3-9)11-6-12(14(16,17)18)8-13(15)7-11/h2-8H,1H3. The molecule has 0 amide bonds. The normalized spacial score (nSPS) is 11.6. The molecule has 94 valence electrons. The van der Waals surface area contributed by atoms with E-state index in [9.17, 15) is 13.2 Å². The molecule has 0 aliphatic carbocycles. The summed E-state index contributed by atoms with van der Waals surface area (Å²) in [6.45, 7) is 1.94. The van der Waals surface area contributed by atoms with Gasteiger partial charge in [0.25, 0.3) is 0 Å². The van der Waals surface area contributed by atoms with Crippen molar-refractivity contribution in [3.05, 3.63) is 58.1 Å². The molecule has 0 aromatic heterocycles. The Bertz CT molecular complexity index is 556. The summed E-state index contributed by atoms with van der Waals surface area (Å²) < 4.78 is 38.5. The highest BCUT2D eigenvalue weighted by Crippen LogP contribution is 2.34. The van der Waals surface area contributed by atoms with E-state index in [1.54, 1.807) is 6.07 Å². The summed E-state index contributed by atoms with van der Waals surface area (Å²) in [6.07, 6.45) is -4.33. The zero-order valence-corrected chi connectivity index (χ0v) is 11.1. The zero-order chi connectivity index (χ0) is 13.3. The molecule has 0 aliphatic heterocycles. The van der Waals surface area contributed by atoms with Crippen LogP contribution in [0.5, 0.6) is 0 Å². The van der Waals surface area contributed by atoms with Gasteiger partial charge in [0.2, 0.25) is 0 Å². The molecule has 0 atom stereocenters. The largest absolute Gasteiger partial charge is 0.416 e. The van der Waals surface area contributed by atoms with Crippen LogP contribution in [0, 0.1) is 6.92 Å². The highest BCUT2D eigenvalue weighted by molar-refractivity contribution is 9.10. The van der Waals surface area contributed by atoms with E-state index >= 15 is 0 Å². The minimum absolute atomic E-state index is 0.424. The second-order valence-electron chi connectivity index (χ2n) is 4.09. The number of halogens is 4. The number of hydrogen-bond donors (Lipinski definition) is 0. The number of benzene rings is 2. The second-order valence-corrected chi connectivity index (χ2v) is 5.01. The molecule has 2 aromatic rings. The fourth-order valence-corrected chi connectivity index (χ4v) is 2.16. The first-order valence-corrected chi connectivity index (χ1v) is 6.10. The summed E-state index contributed by atoms with van der Waals surface area (Å²) in [5, 5.41) is 0. The highest BCUT2D eigenvalue weighted by atomic mass is 79.9. The summed E-state index contributed by atoms with van der Waals surface area (Å²) in [4.78, 5) is 0. The smallest absolute Gasteiger partial charge is 0.166 e. The van der Waals surface area contributed by atoms with Gasteiger partial charge in [-0.2, -0.15) is 13.2 Å². The van der Waals surface area contributed by atoms with Crippen LogP contribution in [0.2, 0.25) is 0 Å². The number of hydrogen-bond acceptors (Lipinski definition) is 0. The predicted octanol–water partition coefficient (Wildman–Crippen LogP) is 5.44. The molecule has 0 aliphatic rings. The third-order valence-electron chi connectivity index (χ3n) is 2.61. The molecule has 2 rings (SSSR count). The van der Waals surface area contributed by atoms with Crippen LogP contribution in [0.15, 0.2) is 46.9 Å². The SMILES string of the molecule is Cc1ccc(-c2cc(Br)cc(C(F)(F)F)c2)cc1. The molecule has 0 fully saturated rings. The molecule has 0 bridgehead atoms. The van der Waals surface area contributed by atoms with Crippen molar-refractivity contribution in [2.24, 2.45) is 0 Å². The second kappa shape index (κ2) is 4.76. The molecule has 0 nitrogen and oxygen atoms in total. The van der Waals surface area contributed by atoms with Crippen molar-refractivity contribution in [3.63, 3.8) is 0 Å². The van der Waals surface area contributed by atoms with E-state index in [1.165, 1.54) is 0 Å². The van der Waals surface area contributed by atoms with E-state index in [2.05, 4.69) is 15.9 Å². The van der Waals surface area contributed by atoms with Gasteiger partial charge in [-0.15, -0.1) is 0 Å². The first kappa shape index (κ1) is 13.1. The first-order chi connectivity index (χ1) is 8.36. The van der Waals surface area contributed by atoms with Gasteiger partial charge in [-0.3, -0.25) is 0 Å². The Morgan fingerprint density at radius 3 is 2.06 bits per heavy atom. The molecule has 0 saturated carbocycles. The summed E-state index contributed by atoms with van der Waals surface area (Å²) in [5.41, 5.74) is 1.75. The Balaban J connectivity index is 2.52. The van der Waals surface area contributed by atoms with Gasteiger partial charge >= 0.3 is 6.18 Å². The van der Waals surface area contributed by atoms with Crippen LogP contribution in [0.3, 0.4) is 0 Å². The van der Waals surface area contributed by atoms with Crippen LogP contribution in [0.4, 0.5) is 13.2 Å². The molecule has 0 radical (unpaired) electrons. The Morgan fingerprint density at radius 1 is 0.889 bits per heavy atom. The van der Waals surface area contributed by atoms with Crippen LogP contribution >= 0.6 is 15.9 Å². The molecule has 0 unspecified atom stereocenters. The van der Waals surface area contributed by atoms with Crippen molar-refractivity contribution in [1.82, 2.24) is 0 Å². The molecule has 18 heavy (non-hydrogen) atoms. The average Bonchev–Trinajstić information content (AvgIpc) is 2.28. The maximum absolute atomic E-state index is 12.7. The number of alkyl halides is 3. The Hall–Kier alpha value is -1.29. The van der Waals surface area contributed by atoms with Gasteiger partial charge in [0.15, 0.2) is 0 Å². The average molecular weight is 315 g/mol. The number of rotatable bonds is 1. The first-order valence-electron chi connectivity index (χ1n) is 5.31. The van der Waals surface area contributed by atoms with Crippen LogP contribution in [0.25, 0.3) is 11.1 Å². The Labute approximate surface area is 112 Å². The lowest BCUT2D eigenvalue weighted by molar-refractivity contribution is -0.137. The van der Waals surface area contributed by atoms with Crippen LogP contribution in [0.1, 0.15) is 11.1 Å². The quantitative estimate of drug-likeness (QED) is 0.657. The monoisotopic (exact) mass is 314 g/mol. The van der Waals surface area contributed by atoms with Crippen LogP contribution in [-0.2, 0) is 6.18 Å². The van der Waals surface area contributed by atoms with Crippen LogP contribution < -0.4 is 0 Å². The van der Waals surface area contributed by atoms with Gasteiger partial charge < -0.3 is 0 Å². The minimum atomic E-state index is -4.33. The van der Waals surface area contributed by atoms with Crippen molar-refractivity contribution >= 4 is 15.9 Å². The third-order valence-corrected chi connectivity index (χ3v) is 3.07. The fourth-order valence-electron chi connectivity index (χ4n) is 1.67. The predicted molar refractivity (Wildman–Crippen MR) is 69.3 cm³/mol. The summed E-state index contributed by atoms with van der Waals surface area (Å²) in [6, 6.07) is 11.3. The van der Waals surface area contributed by atoms with Crippen molar-refractivity contribution in [2.75, 3.05) is 0 Å². The van der Waals surface area contributed by atoms with Gasteiger partial charge in [0.05, 0.1) is 5.56 Å². The van der Waals surface area contributed by atoms with Gasteiger partial charge in [0, 0.05) is 4.47 Å². The lowest BCUT2D eigenvalue weighted by atomic mass is 10.0. The summed E-state index contributed by atoms with van der Waals surface area (Å²) in [7, 11) is 0. The zero-order valence-electron chi connectivity index (χ0n) is 9.55. The van der Waals surface area contributed by atoms with Gasteiger partial charge in [-0.05, 0) is 36.2 Å². The lowest BCUT2D eigenvalue weighted by Gasteiger charge is -2.10. The molecule has 4 heteroatoms. The maximum Gasteiger partial charge on any atom is 0.416 e. The maximum atomic E-state index is 12.7. The number of aryl methyl sites for hydroxylation is 1. The fraction of sp³-hybridized carbons (Fsp3) is 0.143.